The average molecular weight is 751 g/mol. The molecule has 0 radical (unpaired) electrons. The van der Waals surface area contributed by atoms with Crippen LogP contribution in [-0.2, 0) is 26.9 Å². The molecule has 268 valence electrons. The summed E-state index contributed by atoms with van der Waals surface area (Å²) in [5.41, 5.74) is 5.83. The molecule has 15 nitrogen and oxygen atoms in total. The van der Waals surface area contributed by atoms with Crippen molar-refractivity contribution in [3.05, 3.63) is 22.2 Å². The van der Waals surface area contributed by atoms with Gasteiger partial charge in [0.2, 0.25) is 0 Å². The molecule has 19 heteroatoms. The molecule has 1 aromatic rings. The van der Waals surface area contributed by atoms with Crippen LogP contribution in [0.4, 0.5) is 5.82 Å². The second kappa shape index (κ2) is 26.4. The van der Waals surface area contributed by atoms with E-state index in [2.05, 4.69) is 38.1 Å². The lowest BCUT2D eigenvalue weighted by Crippen LogP contribution is -2.30. The number of terminal acetylenes is 2. The summed E-state index contributed by atoms with van der Waals surface area (Å²) in [6.07, 6.45) is 20.7. The predicted octanol–water partition coefficient (Wildman–Crippen LogP) is 4.96. The zero-order valence-electron chi connectivity index (χ0n) is 26.8. The quantitative estimate of drug-likeness (QED) is 0.0444. The highest BCUT2D eigenvalue weighted by molar-refractivity contribution is 7.61. The van der Waals surface area contributed by atoms with Crippen LogP contribution in [0.3, 0.4) is 0 Å². The van der Waals surface area contributed by atoms with Gasteiger partial charge >= 0.3 is 31.5 Å². The maximum atomic E-state index is 12.6. The van der Waals surface area contributed by atoms with Crippen LogP contribution < -0.4 is 16.5 Å². The minimum Gasteiger partial charge on any atom is -0.382 e. The van der Waals surface area contributed by atoms with Crippen LogP contribution in [0.25, 0.3) is 0 Å². The average Bonchev–Trinajstić information content (AvgIpc) is 3.51. The summed E-state index contributed by atoms with van der Waals surface area (Å²) in [7, 11) is -9.22. The van der Waals surface area contributed by atoms with E-state index in [1.165, 1.54) is 4.57 Å². The lowest BCUT2D eigenvalue weighted by molar-refractivity contribution is 0.00176. The fourth-order valence-corrected chi connectivity index (χ4v) is 7.39. The maximum Gasteiger partial charge on any atom is 0.351 e. The molecule has 0 bridgehead atoms. The molecular weight excluding hydrogens is 704 g/mol. The summed E-state index contributed by atoms with van der Waals surface area (Å²) in [5.74, 6) is 11.2. The van der Waals surface area contributed by atoms with Gasteiger partial charge in [0.1, 0.15) is 12.0 Å². The molecule has 0 aliphatic carbocycles. The van der Waals surface area contributed by atoms with Gasteiger partial charge in [-0.15, -0.1) is 24.7 Å². The van der Waals surface area contributed by atoms with Crippen LogP contribution in [0.1, 0.15) is 95.3 Å². The second-order valence-electron chi connectivity index (χ2n) is 10.3. The predicted molar refractivity (Wildman–Crippen MR) is 186 cm³/mol. The number of nitrogens with zero attached hydrogens (tertiary/aromatic N) is 2. The number of unbranched alkanes of at least 4 members (excludes halogenated alkanes) is 8. The lowest BCUT2D eigenvalue weighted by Gasteiger charge is -2.22. The normalized spacial score (nSPS) is 17.7. The molecule has 3 unspecified atom stereocenters. The van der Waals surface area contributed by atoms with Crippen molar-refractivity contribution in [2.24, 2.45) is 0 Å². The third-order valence-electron chi connectivity index (χ3n) is 6.57. The van der Waals surface area contributed by atoms with Gasteiger partial charge in [0.05, 0.1) is 31.5 Å². The Morgan fingerprint density at radius 2 is 1.52 bits per heavy atom. The largest absolute Gasteiger partial charge is 0.382 e. The number of anilines is 1. The molecule has 0 amide bonds. The van der Waals surface area contributed by atoms with Crippen molar-refractivity contribution in [1.29, 1.82) is 0 Å². The van der Waals surface area contributed by atoms with Crippen molar-refractivity contribution in [3.8, 4) is 36.5 Å². The van der Waals surface area contributed by atoms with E-state index in [0.29, 0.717) is 57.3 Å². The number of hydrogen-bond donors (Lipinski definition) is 6. The van der Waals surface area contributed by atoms with Crippen molar-refractivity contribution in [1.82, 2.24) is 14.6 Å². The number of hydrogen-bond acceptors (Lipinski definition) is 14. The van der Waals surface area contributed by atoms with Crippen LogP contribution >= 0.6 is 34.3 Å². The van der Waals surface area contributed by atoms with Crippen LogP contribution in [0, 0.1) is 36.5 Å². The van der Waals surface area contributed by atoms with Crippen molar-refractivity contribution in [3.63, 3.8) is 0 Å². The molecule has 7 N–H and O–H groups in total. The fourth-order valence-electron chi connectivity index (χ4n) is 4.20. The Bertz CT molecular complexity index is 1250. The van der Waals surface area contributed by atoms with Gasteiger partial charge < -0.3 is 43.6 Å². The van der Waals surface area contributed by atoms with Gasteiger partial charge in [-0.1, -0.05) is 24.7 Å². The third kappa shape index (κ3) is 19.1. The Kier molecular flexibility index (Phi) is 23.6. The summed E-state index contributed by atoms with van der Waals surface area (Å²) < 4.78 is 33.7. The molecule has 1 saturated heterocycles. The molecule has 0 saturated carbocycles. The monoisotopic (exact) mass is 750 g/mol. The Morgan fingerprint density at radius 1 is 0.896 bits per heavy atom. The van der Waals surface area contributed by atoms with Crippen molar-refractivity contribution in [2.75, 3.05) is 32.1 Å². The molecule has 5 atom stereocenters. The van der Waals surface area contributed by atoms with E-state index < -0.39 is 46.3 Å². The molecule has 1 aliphatic heterocycles. The summed E-state index contributed by atoms with van der Waals surface area (Å²) in [5, 5.41) is 3.06. The van der Waals surface area contributed by atoms with E-state index in [9.17, 15) is 14.6 Å². The Morgan fingerprint density at radius 3 is 2.19 bits per heavy atom. The smallest absolute Gasteiger partial charge is 0.351 e. The van der Waals surface area contributed by atoms with Crippen molar-refractivity contribution < 1.29 is 46.5 Å². The highest BCUT2D eigenvalue weighted by Crippen LogP contribution is 2.55. The van der Waals surface area contributed by atoms with Crippen LogP contribution in [0.5, 0.6) is 0 Å². The topological polar surface area (TPSA) is 209 Å². The van der Waals surface area contributed by atoms with Gasteiger partial charge in [-0.25, -0.2) is 18.5 Å². The first-order valence-electron chi connectivity index (χ1n) is 15.6. The Hall–Kier alpha value is -1.36. The van der Waals surface area contributed by atoms with Gasteiger partial charge in [-0.05, 0) is 51.4 Å². The summed E-state index contributed by atoms with van der Waals surface area (Å²) in [6.45, 7) is 1.32. The first-order chi connectivity index (χ1) is 23.2. The maximum absolute atomic E-state index is 12.6. The van der Waals surface area contributed by atoms with E-state index in [1.54, 1.807) is 6.20 Å². The summed E-state index contributed by atoms with van der Waals surface area (Å²) in [4.78, 5) is 54.4. The van der Waals surface area contributed by atoms with E-state index >= 15 is 0 Å². The fraction of sp³-hybridized carbons (Fsp3) is 0.655. The molecular formula is C29H46N4O11P4. The van der Waals surface area contributed by atoms with Crippen molar-refractivity contribution in [2.45, 2.75) is 95.8 Å². The number of nitrogens with one attached hydrogen (secondary N) is 1. The summed E-state index contributed by atoms with van der Waals surface area (Å²) >= 11 is 0. The number of rotatable bonds is 25. The Labute approximate surface area is 287 Å². The van der Waals surface area contributed by atoms with E-state index in [4.69, 9.17) is 51.0 Å². The zero-order valence-corrected chi connectivity index (χ0v) is 30.4. The third-order valence-corrected chi connectivity index (χ3v) is 10.5. The standard InChI is InChI=1S/C29H46N4O11P4/c1-3-5-7-9-10-13-17-25-24-33(29(34)32-28(25)30)27-19-18-26(42-27)23-31-45(43-48(38)44-46(35)36)39-20-15-11-12-16-22-41-47(37)40-21-14-8-6-4-2/h1-2,24,26-27,31,35-38H,5-12,14-16,18-23H2,(H2,30,32,34)/t26-,27+,45?,47?,48?/m0/s1. The van der Waals surface area contributed by atoms with E-state index in [1.807, 2.05) is 0 Å². The molecule has 0 spiro atoms. The van der Waals surface area contributed by atoms with Gasteiger partial charge in [0.25, 0.3) is 8.53 Å². The molecule has 0 aromatic carbocycles. The number of nitrogens with two attached hydrogens (primary N) is 1. The molecule has 2 rings (SSSR count). The van der Waals surface area contributed by atoms with Gasteiger partial charge in [0.15, 0.2) is 0 Å². The SMILES string of the molecule is C#CCCCCC#Cc1cn([C@H]2CC[C@@H](CNP(OCCCCCCOP(O)OCCCCC#C)OP(O)OP(O)O)O2)c(=O)nc1N. The number of nitrogen functional groups attached to an aromatic ring is 1. The first-order valence-corrected chi connectivity index (χ1v) is 20.2. The highest BCUT2D eigenvalue weighted by atomic mass is 31.3. The molecule has 1 aromatic heterocycles. The lowest BCUT2D eigenvalue weighted by atomic mass is 10.2. The van der Waals surface area contributed by atoms with Crippen LogP contribution in [-0.4, -0.2) is 61.6 Å². The van der Waals surface area contributed by atoms with Crippen LogP contribution in [0.15, 0.2) is 11.0 Å². The van der Waals surface area contributed by atoms with Gasteiger partial charge in [-0.3, -0.25) is 4.57 Å². The number of aromatic nitrogens is 2. The molecule has 2 heterocycles. The Balaban J connectivity index is 1.77. The molecule has 1 aliphatic rings. The summed E-state index contributed by atoms with van der Waals surface area (Å²) in [6, 6.07) is 0. The first kappa shape index (κ1) is 42.8. The van der Waals surface area contributed by atoms with Crippen molar-refractivity contribution >= 4 is 40.2 Å². The minimum absolute atomic E-state index is 0.0572. The minimum atomic E-state index is -2.82. The highest BCUT2D eigenvalue weighted by Gasteiger charge is 2.30. The van der Waals surface area contributed by atoms with Gasteiger partial charge in [0, 0.05) is 32.0 Å². The van der Waals surface area contributed by atoms with Gasteiger partial charge in [-0.2, -0.15) is 4.98 Å². The van der Waals surface area contributed by atoms with E-state index in [-0.39, 0.29) is 25.1 Å². The van der Waals surface area contributed by atoms with E-state index in [0.717, 1.165) is 44.9 Å². The molecule has 1 fully saturated rings. The van der Waals surface area contributed by atoms with Crippen LogP contribution in [0.2, 0.25) is 0 Å². The number of ether oxygens (including phenoxy) is 1. The zero-order chi connectivity index (χ0) is 35.0. The second-order valence-corrected chi connectivity index (χ2v) is 14.7. The molecule has 48 heavy (non-hydrogen) atoms.